The van der Waals surface area contributed by atoms with Gasteiger partial charge in [-0.05, 0) is 47.5 Å². The molecule has 1 aliphatic carbocycles. The molecule has 2 aliphatic rings. The summed E-state index contributed by atoms with van der Waals surface area (Å²) in [6, 6.07) is -0.257. The molecule has 2 rings (SSSR count). The molecule has 1 saturated carbocycles. The van der Waals surface area contributed by atoms with Gasteiger partial charge in [0, 0.05) is 6.42 Å². The Balaban J connectivity index is 2.10. The quantitative estimate of drug-likeness (QED) is 0.757. The lowest BCUT2D eigenvalue weighted by Crippen LogP contribution is -2.51. The van der Waals surface area contributed by atoms with E-state index in [0.717, 1.165) is 19.3 Å². The molecule has 0 aromatic heterocycles. The van der Waals surface area contributed by atoms with E-state index in [-0.39, 0.29) is 6.04 Å². The summed E-state index contributed by atoms with van der Waals surface area (Å²) in [5.74, 6) is 0. The van der Waals surface area contributed by atoms with Crippen molar-refractivity contribution in [3.8, 4) is 0 Å². The van der Waals surface area contributed by atoms with Crippen molar-refractivity contribution in [1.29, 1.82) is 0 Å². The molecule has 1 atom stereocenters. The minimum absolute atomic E-state index is 0.257. The summed E-state index contributed by atoms with van der Waals surface area (Å²) in [5.41, 5.74) is -2.50. The van der Waals surface area contributed by atoms with E-state index < -0.39 is 23.1 Å². The number of amides is 1. The third-order valence-electron chi connectivity index (χ3n) is 4.52. The number of ether oxygens (including phenoxy) is 2. The van der Waals surface area contributed by atoms with Crippen molar-refractivity contribution >= 4 is 6.09 Å². The van der Waals surface area contributed by atoms with Crippen LogP contribution >= 0.6 is 0 Å². The van der Waals surface area contributed by atoms with Crippen LogP contribution in [0, 0.1) is 0 Å². The summed E-state index contributed by atoms with van der Waals surface area (Å²) >= 11 is 0. The van der Waals surface area contributed by atoms with Gasteiger partial charge in [-0.3, -0.25) is 4.90 Å². The van der Waals surface area contributed by atoms with Crippen molar-refractivity contribution in [3.63, 3.8) is 0 Å². The zero-order valence-electron chi connectivity index (χ0n) is 14.6. The summed E-state index contributed by atoms with van der Waals surface area (Å²) in [6.45, 7) is 9.55. The largest absolute Gasteiger partial charge is 0.444 e. The summed E-state index contributed by atoms with van der Waals surface area (Å²) in [4.78, 5) is 14.1. The Morgan fingerprint density at radius 1 is 1.27 bits per heavy atom. The van der Waals surface area contributed by atoms with Crippen molar-refractivity contribution in [2.75, 3.05) is 6.61 Å². The Kier molecular flexibility index (Phi) is 4.77. The van der Waals surface area contributed by atoms with Crippen LogP contribution in [0.2, 0.25) is 0 Å². The van der Waals surface area contributed by atoms with Gasteiger partial charge in [0.05, 0.1) is 12.6 Å². The first-order valence-electron chi connectivity index (χ1n) is 8.38. The van der Waals surface area contributed by atoms with Crippen LogP contribution in [-0.2, 0) is 9.47 Å². The number of carbonyl (C=O) groups excluding carboxylic acids is 1. The smallest absolute Gasteiger partial charge is 0.412 e. The van der Waals surface area contributed by atoms with Gasteiger partial charge < -0.3 is 9.47 Å². The van der Waals surface area contributed by atoms with Crippen molar-refractivity contribution < 1.29 is 18.7 Å². The Morgan fingerprint density at radius 2 is 1.86 bits per heavy atom. The van der Waals surface area contributed by atoms with E-state index >= 15 is 4.39 Å². The van der Waals surface area contributed by atoms with E-state index in [4.69, 9.17) is 9.47 Å². The van der Waals surface area contributed by atoms with Crippen molar-refractivity contribution in [1.82, 2.24) is 4.90 Å². The van der Waals surface area contributed by atoms with Gasteiger partial charge in [0.15, 0.2) is 0 Å². The highest BCUT2D eigenvalue weighted by atomic mass is 19.1. The second-order valence-corrected chi connectivity index (χ2v) is 8.18. The average molecular weight is 315 g/mol. The van der Waals surface area contributed by atoms with Crippen LogP contribution in [0.25, 0.3) is 0 Å². The molecule has 0 N–H and O–H groups in total. The molecule has 1 amide bonds. The molecule has 0 unspecified atom stereocenters. The van der Waals surface area contributed by atoms with E-state index in [1.165, 1.54) is 0 Å². The van der Waals surface area contributed by atoms with Crippen LogP contribution in [-0.4, -0.2) is 40.6 Å². The molecule has 0 aromatic carbocycles. The first-order chi connectivity index (χ1) is 10.0. The fourth-order valence-electron chi connectivity index (χ4n) is 3.53. The van der Waals surface area contributed by atoms with Crippen molar-refractivity contribution in [2.24, 2.45) is 0 Å². The van der Waals surface area contributed by atoms with Gasteiger partial charge in [0.1, 0.15) is 17.0 Å². The van der Waals surface area contributed by atoms with Gasteiger partial charge in [0.25, 0.3) is 0 Å². The molecular weight excluding hydrogens is 285 g/mol. The second-order valence-electron chi connectivity index (χ2n) is 8.18. The van der Waals surface area contributed by atoms with E-state index in [1.54, 1.807) is 4.90 Å². The zero-order chi connectivity index (χ0) is 16.6. The molecule has 1 saturated heterocycles. The maximum absolute atomic E-state index is 15.0. The number of rotatable bonds is 2. The maximum atomic E-state index is 15.0. The van der Waals surface area contributed by atoms with E-state index in [0.29, 0.717) is 25.9 Å². The van der Waals surface area contributed by atoms with E-state index in [1.807, 2.05) is 34.6 Å². The highest BCUT2D eigenvalue weighted by Crippen LogP contribution is 2.40. The third-order valence-corrected chi connectivity index (χ3v) is 4.52. The molecule has 1 heterocycles. The Morgan fingerprint density at radius 3 is 2.41 bits per heavy atom. The lowest BCUT2D eigenvalue weighted by molar-refractivity contribution is -0.0647. The van der Waals surface area contributed by atoms with E-state index in [2.05, 4.69) is 0 Å². The van der Waals surface area contributed by atoms with Crippen LogP contribution in [0.15, 0.2) is 0 Å². The monoisotopic (exact) mass is 315 g/mol. The minimum Gasteiger partial charge on any atom is -0.444 e. The number of nitrogens with zero attached hydrogens (tertiary/aromatic N) is 1. The SMILES string of the molecule is CC(C)(C)OC(=O)N1[C@@H](CC2(F)CCCCC2)COC1(C)C. The highest BCUT2D eigenvalue weighted by molar-refractivity contribution is 5.69. The summed E-state index contributed by atoms with van der Waals surface area (Å²) in [6.07, 6.45) is 4.07. The molecule has 0 bridgehead atoms. The lowest BCUT2D eigenvalue weighted by atomic mass is 9.82. The molecule has 5 heteroatoms. The zero-order valence-corrected chi connectivity index (χ0v) is 14.6. The third kappa shape index (κ3) is 4.12. The lowest BCUT2D eigenvalue weighted by Gasteiger charge is -2.38. The first-order valence-corrected chi connectivity index (χ1v) is 8.38. The fraction of sp³-hybridized carbons (Fsp3) is 0.941. The minimum atomic E-state index is -1.17. The summed E-state index contributed by atoms with van der Waals surface area (Å²) in [7, 11) is 0. The Bertz CT molecular complexity index is 411. The number of halogens is 1. The van der Waals surface area contributed by atoms with Crippen LogP contribution in [0.5, 0.6) is 0 Å². The van der Waals surface area contributed by atoms with Gasteiger partial charge >= 0.3 is 6.09 Å². The average Bonchev–Trinajstić information content (AvgIpc) is 2.62. The van der Waals surface area contributed by atoms with Gasteiger partial charge in [-0.25, -0.2) is 9.18 Å². The van der Waals surface area contributed by atoms with Crippen LogP contribution in [0.1, 0.15) is 73.1 Å². The van der Waals surface area contributed by atoms with Crippen LogP contribution < -0.4 is 0 Å². The van der Waals surface area contributed by atoms with Gasteiger partial charge in [-0.15, -0.1) is 0 Å². The number of hydrogen-bond donors (Lipinski definition) is 0. The predicted molar refractivity (Wildman–Crippen MR) is 83.4 cm³/mol. The summed E-state index contributed by atoms with van der Waals surface area (Å²) < 4.78 is 26.3. The van der Waals surface area contributed by atoms with Crippen LogP contribution in [0.4, 0.5) is 9.18 Å². The number of alkyl halides is 1. The molecule has 2 fully saturated rings. The number of carbonyl (C=O) groups is 1. The molecule has 0 aromatic rings. The maximum Gasteiger partial charge on any atom is 0.412 e. The Hall–Kier alpha value is -0.840. The highest BCUT2D eigenvalue weighted by Gasteiger charge is 2.48. The predicted octanol–water partition coefficient (Wildman–Crippen LogP) is 4.42. The topological polar surface area (TPSA) is 38.8 Å². The second kappa shape index (κ2) is 5.99. The summed E-state index contributed by atoms with van der Waals surface area (Å²) in [5, 5.41) is 0. The standard InChI is InChI=1S/C17H30FNO3/c1-15(2,3)22-14(20)19-13(12-21-16(19,4)5)11-17(18)9-7-6-8-10-17/h13H,6-12H2,1-5H3/t13-/m0/s1. The van der Waals surface area contributed by atoms with Crippen molar-refractivity contribution in [3.05, 3.63) is 0 Å². The molecular formula is C17H30FNO3. The van der Waals surface area contributed by atoms with Gasteiger partial charge in [0.2, 0.25) is 0 Å². The van der Waals surface area contributed by atoms with E-state index in [9.17, 15) is 4.79 Å². The van der Waals surface area contributed by atoms with Crippen molar-refractivity contribution in [2.45, 2.75) is 96.2 Å². The van der Waals surface area contributed by atoms with Crippen LogP contribution in [0.3, 0.4) is 0 Å². The molecule has 0 spiro atoms. The molecule has 22 heavy (non-hydrogen) atoms. The fourth-order valence-corrected chi connectivity index (χ4v) is 3.53. The molecule has 128 valence electrons. The molecule has 1 aliphatic heterocycles. The van der Waals surface area contributed by atoms with Gasteiger partial charge in [-0.2, -0.15) is 0 Å². The molecule has 0 radical (unpaired) electrons. The van der Waals surface area contributed by atoms with Gasteiger partial charge in [-0.1, -0.05) is 19.3 Å². The molecule has 4 nitrogen and oxygen atoms in total. The number of hydrogen-bond acceptors (Lipinski definition) is 3. The first kappa shape index (κ1) is 17.5. The Labute approximate surface area is 133 Å². The normalized spacial score (nSPS) is 27.7.